The molecule has 3 N–H and O–H groups in total. The fourth-order valence-corrected chi connectivity index (χ4v) is 2.36. The Balaban J connectivity index is 2.02. The molecule has 6 nitrogen and oxygen atoms in total. The summed E-state index contributed by atoms with van der Waals surface area (Å²) in [5.41, 5.74) is 7.04. The van der Waals surface area contributed by atoms with Crippen molar-refractivity contribution in [3.8, 4) is 0 Å². The number of methoxy groups -OCH3 is 1. The summed E-state index contributed by atoms with van der Waals surface area (Å²) in [6.45, 7) is 3.52. The number of carbonyl (C=O) groups is 1. The molecule has 1 aromatic carbocycles. The number of hydrogen-bond donors (Lipinski definition) is 2. The van der Waals surface area contributed by atoms with Crippen LogP contribution in [0.3, 0.4) is 0 Å². The first-order chi connectivity index (χ1) is 9.60. The minimum absolute atomic E-state index is 0.0708. The quantitative estimate of drug-likeness (QED) is 0.777. The van der Waals surface area contributed by atoms with Crippen LogP contribution in [-0.2, 0) is 16.0 Å². The highest BCUT2D eigenvalue weighted by Crippen LogP contribution is 2.17. The molecule has 1 aliphatic heterocycles. The number of ether oxygens (including phenoxy) is 2. The average molecular weight is 280 g/mol. The van der Waals surface area contributed by atoms with Crippen molar-refractivity contribution >= 4 is 11.7 Å². The van der Waals surface area contributed by atoms with Gasteiger partial charge in [0, 0.05) is 32.4 Å². The molecule has 0 saturated carbocycles. The van der Waals surface area contributed by atoms with Gasteiger partial charge in [0.25, 0.3) is 0 Å². The van der Waals surface area contributed by atoms with Gasteiger partial charge in [0.1, 0.15) is 0 Å². The van der Waals surface area contributed by atoms with Crippen LogP contribution >= 0.6 is 0 Å². The van der Waals surface area contributed by atoms with Crippen molar-refractivity contribution < 1.29 is 19.4 Å². The van der Waals surface area contributed by atoms with Gasteiger partial charge in [-0.2, -0.15) is 0 Å². The number of rotatable bonds is 5. The maximum Gasteiger partial charge on any atom is 0.337 e. The highest BCUT2D eigenvalue weighted by Gasteiger charge is 2.20. The van der Waals surface area contributed by atoms with Crippen LogP contribution in [0.5, 0.6) is 0 Å². The van der Waals surface area contributed by atoms with Gasteiger partial charge >= 0.3 is 5.97 Å². The summed E-state index contributed by atoms with van der Waals surface area (Å²) in [5, 5.41) is 9.08. The molecule has 1 aromatic rings. The van der Waals surface area contributed by atoms with Crippen molar-refractivity contribution in [1.29, 1.82) is 0 Å². The molecule has 1 saturated heterocycles. The lowest BCUT2D eigenvalue weighted by Crippen LogP contribution is -2.43. The van der Waals surface area contributed by atoms with Gasteiger partial charge in [-0.1, -0.05) is 6.07 Å². The average Bonchev–Trinajstić information content (AvgIpc) is 2.41. The van der Waals surface area contributed by atoms with Crippen LogP contribution in [0.2, 0.25) is 0 Å². The first-order valence-electron chi connectivity index (χ1n) is 6.54. The predicted octanol–water partition coefficient (Wildman–Crippen LogP) is 0.814. The van der Waals surface area contributed by atoms with E-state index < -0.39 is 5.97 Å². The van der Waals surface area contributed by atoms with Crippen LogP contribution in [-0.4, -0.2) is 55.5 Å². The van der Waals surface area contributed by atoms with Crippen LogP contribution in [0.25, 0.3) is 0 Å². The number of morpholine rings is 1. The van der Waals surface area contributed by atoms with E-state index in [1.807, 2.05) is 6.07 Å². The molecule has 0 bridgehead atoms. The van der Waals surface area contributed by atoms with Crippen LogP contribution in [0.15, 0.2) is 18.2 Å². The minimum atomic E-state index is -0.997. The van der Waals surface area contributed by atoms with Crippen LogP contribution < -0.4 is 5.73 Å². The van der Waals surface area contributed by atoms with Gasteiger partial charge in [-0.15, -0.1) is 0 Å². The molecule has 1 heterocycles. The summed E-state index contributed by atoms with van der Waals surface area (Å²) in [5.74, 6) is -0.997. The maximum atomic E-state index is 11.1. The van der Waals surface area contributed by atoms with Gasteiger partial charge in [-0.3, -0.25) is 4.90 Å². The van der Waals surface area contributed by atoms with Gasteiger partial charge in [0.15, 0.2) is 0 Å². The summed E-state index contributed by atoms with van der Waals surface area (Å²) in [4.78, 5) is 13.3. The molecule has 0 radical (unpaired) electrons. The zero-order valence-corrected chi connectivity index (χ0v) is 11.5. The number of hydrogen-bond acceptors (Lipinski definition) is 5. The molecule has 0 aliphatic carbocycles. The number of nitrogens with two attached hydrogens (primary N) is 1. The second kappa shape index (κ2) is 6.69. The Morgan fingerprint density at radius 1 is 1.60 bits per heavy atom. The zero-order chi connectivity index (χ0) is 14.5. The van der Waals surface area contributed by atoms with Crippen molar-refractivity contribution in [2.75, 3.05) is 39.1 Å². The third-order valence-electron chi connectivity index (χ3n) is 3.33. The van der Waals surface area contributed by atoms with Crippen molar-refractivity contribution in [2.24, 2.45) is 0 Å². The maximum absolute atomic E-state index is 11.1. The van der Waals surface area contributed by atoms with E-state index in [1.165, 1.54) is 0 Å². The van der Waals surface area contributed by atoms with E-state index in [2.05, 4.69) is 4.90 Å². The lowest BCUT2D eigenvalue weighted by atomic mass is 10.1. The highest BCUT2D eigenvalue weighted by atomic mass is 16.5. The monoisotopic (exact) mass is 280 g/mol. The second-order valence-corrected chi connectivity index (χ2v) is 4.91. The number of carboxylic acids is 1. The first-order valence-corrected chi connectivity index (χ1v) is 6.54. The molecule has 20 heavy (non-hydrogen) atoms. The normalized spacial score (nSPS) is 19.9. The number of benzene rings is 1. The third-order valence-corrected chi connectivity index (χ3v) is 3.33. The second-order valence-electron chi connectivity index (χ2n) is 4.91. The Morgan fingerprint density at radius 2 is 2.40 bits per heavy atom. The summed E-state index contributed by atoms with van der Waals surface area (Å²) >= 11 is 0. The molecule has 1 atom stereocenters. The molecule has 0 aromatic heterocycles. The van der Waals surface area contributed by atoms with Gasteiger partial charge in [0.05, 0.1) is 24.9 Å². The summed E-state index contributed by atoms with van der Waals surface area (Å²) in [6, 6.07) is 5.15. The molecule has 2 rings (SSSR count). The Kier molecular flexibility index (Phi) is 4.94. The summed E-state index contributed by atoms with van der Waals surface area (Å²) in [7, 11) is 1.65. The molecule has 0 unspecified atom stereocenters. The highest BCUT2D eigenvalue weighted by molar-refractivity contribution is 5.93. The predicted molar refractivity (Wildman–Crippen MR) is 74.7 cm³/mol. The van der Waals surface area contributed by atoms with Crippen molar-refractivity contribution in [1.82, 2.24) is 4.90 Å². The number of nitrogens with zero attached hydrogens (tertiary/aromatic N) is 1. The summed E-state index contributed by atoms with van der Waals surface area (Å²) in [6.07, 6.45) is 0.0708. The molecule has 1 aliphatic rings. The van der Waals surface area contributed by atoms with Crippen LogP contribution in [0.1, 0.15) is 15.9 Å². The first kappa shape index (κ1) is 14.8. The number of nitrogen functional groups attached to an aromatic ring is 1. The van der Waals surface area contributed by atoms with E-state index in [0.29, 0.717) is 25.4 Å². The Hall–Kier alpha value is -1.63. The van der Waals surface area contributed by atoms with Crippen LogP contribution in [0, 0.1) is 0 Å². The number of carboxylic acid groups (broad SMARTS) is 1. The zero-order valence-electron chi connectivity index (χ0n) is 11.5. The molecule has 0 spiro atoms. The fourth-order valence-electron chi connectivity index (χ4n) is 2.36. The molecular weight excluding hydrogens is 260 g/mol. The Labute approximate surface area is 118 Å². The molecule has 110 valence electrons. The number of anilines is 1. The van der Waals surface area contributed by atoms with Gasteiger partial charge in [0.2, 0.25) is 0 Å². The van der Waals surface area contributed by atoms with E-state index in [9.17, 15) is 4.79 Å². The largest absolute Gasteiger partial charge is 0.478 e. The van der Waals surface area contributed by atoms with E-state index in [0.717, 1.165) is 18.7 Å². The van der Waals surface area contributed by atoms with E-state index in [-0.39, 0.29) is 11.7 Å². The fraction of sp³-hybridized carbons (Fsp3) is 0.500. The molecular formula is C14H20N2O4. The SMILES string of the molecule is COC[C@@H]1CN(Cc2ccc(N)c(C(=O)O)c2)CCO1. The Bertz CT molecular complexity index is 476. The minimum Gasteiger partial charge on any atom is -0.478 e. The Morgan fingerprint density at radius 3 is 3.10 bits per heavy atom. The number of aromatic carboxylic acids is 1. The van der Waals surface area contributed by atoms with Crippen molar-refractivity contribution in [3.05, 3.63) is 29.3 Å². The topological polar surface area (TPSA) is 85.0 Å². The lowest BCUT2D eigenvalue weighted by molar-refractivity contribution is -0.0631. The van der Waals surface area contributed by atoms with E-state index in [1.54, 1.807) is 19.2 Å². The third kappa shape index (κ3) is 3.69. The van der Waals surface area contributed by atoms with Gasteiger partial charge in [-0.25, -0.2) is 4.79 Å². The van der Waals surface area contributed by atoms with Crippen molar-refractivity contribution in [3.63, 3.8) is 0 Å². The van der Waals surface area contributed by atoms with E-state index in [4.69, 9.17) is 20.3 Å². The van der Waals surface area contributed by atoms with Crippen LogP contribution in [0.4, 0.5) is 5.69 Å². The van der Waals surface area contributed by atoms with Gasteiger partial charge < -0.3 is 20.3 Å². The van der Waals surface area contributed by atoms with E-state index >= 15 is 0 Å². The van der Waals surface area contributed by atoms with Gasteiger partial charge in [-0.05, 0) is 17.7 Å². The smallest absolute Gasteiger partial charge is 0.337 e. The molecule has 1 fully saturated rings. The molecule has 6 heteroatoms. The van der Waals surface area contributed by atoms with Crippen molar-refractivity contribution in [2.45, 2.75) is 12.6 Å². The summed E-state index contributed by atoms with van der Waals surface area (Å²) < 4.78 is 10.7. The standard InChI is InChI=1S/C14H20N2O4/c1-19-9-11-8-16(4-5-20-11)7-10-2-3-13(15)12(6-10)14(17)18/h2-3,6,11H,4-5,7-9,15H2,1H3,(H,17,18)/t11-/m0/s1. The lowest BCUT2D eigenvalue weighted by Gasteiger charge is -2.32. The molecule has 0 amide bonds.